The zero-order valence-corrected chi connectivity index (χ0v) is 21.3. The molecular weight excluding hydrogens is 482 g/mol. The number of nitrogens with zero attached hydrogens (tertiary/aromatic N) is 1. The highest BCUT2D eigenvalue weighted by Crippen LogP contribution is 2.32. The zero-order valence-electron chi connectivity index (χ0n) is 21.3. The molecule has 4 aromatic carbocycles. The normalized spacial score (nSPS) is 10.6. The Labute approximate surface area is 221 Å². The van der Waals surface area contributed by atoms with Gasteiger partial charge in [-0.15, -0.1) is 0 Å². The molecule has 4 aromatic rings. The summed E-state index contributed by atoms with van der Waals surface area (Å²) >= 11 is 0. The van der Waals surface area contributed by atoms with Crippen molar-refractivity contribution in [1.82, 2.24) is 0 Å². The molecule has 4 rings (SSSR count). The lowest BCUT2D eigenvalue weighted by atomic mass is 10.1. The molecule has 0 fully saturated rings. The van der Waals surface area contributed by atoms with Gasteiger partial charge in [-0.3, -0.25) is 4.79 Å². The van der Waals surface area contributed by atoms with Crippen LogP contribution in [0.2, 0.25) is 0 Å². The van der Waals surface area contributed by atoms with E-state index in [1.807, 2.05) is 60.7 Å². The number of allylic oxidation sites excluding steroid dienone is 1. The van der Waals surface area contributed by atoms with Crippen LogP contribution in [0.1, 0.15) is 15.9 Å². The van der Waals surface area contributed by atoms with Crippen molar-refractivity contribution in [1.29, 1.82) is 0 Å². The number of anilines is 2. The fourth-order valence-corrected chi connectivity index (χ4v) is 3.79. The van der Waals surface area contributed by atoms with E-state index in [1.165, 1.54) is 25.2 Å². The number of carbonyl (C=O) groups is 2. The molecule has 0 unspecified atom stereocenters. The molecule has 1 amide bonds. The first-order valence-electron chi connectivity index (χ1n) is 11.8. The third-order valence-electron chi connectivity index (χ3n) is 5.70. The second-order valence-corrected chi connectivity index (χ2v) is 8.05. The van der Waals surface area contributed by atoms with Crippen LogP contribution >= 0.6 is 0 Å². The van der Waals surface area contributed by atoms with E-state index in [-0.39, 0.29) is 11.5 Å². The Morgan fingerprint density at radius 1 is 0.658 bits per heavy atom. The Kier molecular flexibility index (Phi) is 8.41. The van der Waals surface area contributed by atoms with Gasteiger partial charge in [0.2, 0.25) is 0 Å². The molecule has 0 saturated heterocycles. The van der Waals surface area contributed by atoms with E-state index in [4.69, 9.17) is 18.9 Å². The number of ketones is 1. The van der Waals surface area contributed by atoms with Crippen LogP contribution in [0.25, 0.3) is 6.08 Å². The van der Waals surface area contributed by atoms with Crippen LogP contribution in [0, 0.1) is 0 Å². The van der Waals surface area contributed by atoms with E-state index in [2.05, 4.69) is 0 Å². The van der Waals surface area contributed by atoms with Crippen LogP contribution < -0.4 is 23.8 Å². The molecule has 7 nitrogen and oxygen atoms in total. The van der Waals surface area contributed by atoms with E-state index in [9.17, 15) is 9.59 Å². The predicted octanol–water partition coefficient (Wildman–Crippen LogP) is 6.95. The van der Waals surface area contributed by atoms with Crippen molar-refractivity contribution in [2.75, 3.05) is 26.2 Å². The summed E-state index contributed by atoms with van der Waals surface area (Å²) in [7, 11) is 4.53. The molecule has 0 aliphatic carbocycles. The lowest BCUT2D eigenvalue weighted by Crippen LogP contribution is -2.29. The molecule has 0 saturated carbocycles. The minimum absolute atomic E-state index is 0.236. The number of amides is 1. The number of hydrogen-bond donors (Lipinski definition) is 0. The SMILES string of the molecule is COc1ccc(C(=O)C=Cc2ccc(OC(=O)N(c3ccccc3)c3ccccc3)c(OC)c2)c(OC)c1. The molecule has 192 valence electrons. The summed E-state index contributed by atoms with van der Waals surface area (Å²) in [5, 5.41) is 0. The first-order valence-corrected chi connectivity index (χ1v) is 11.8. The Hall–Kier alpha value is -5.04. The topological polar surface area (TPSA) is 74.3 Å². The van der Waals surface area contributed by atoms with Crippen LogP contribution in [0.15, 0.2) is 103 Å². The molecular formula is C31H27NO6. The molecule has 0 radical (unpaired) electrons. The minimum Gasteiger partial charge on any atom is -0.497 e. The summed E-state index contributed by atoms with van der Waals surface area (Å²) < 4.78 is 21.7. The Bertz CT molecular complexity index is 1390. The highest BCUT2D eigenvalue weighted by atomic mass is 16.6. The van der Waals surface area contributed by atoms with Crippen LogP contribution in [-0.2, 0) is 0 Å². The van der Waals surface area contributed by atoms with E-state index in [0.717, 1.165) is 0 Å². The van der Waals surface area contributed by atoms with Gasteiger partial charge in [-0.25, -0.2) is 9.69 Å². The van der Waals surface area contributed by atoms with Gasteiger partial charge in [0.25, 0.3) is 0 Å². The molecule has 38 heavy (non-hydrogen) atoms. The number of methoxy groups -OCH3 is 3. The highest BCUT2D eigenvalue weighted by Gasteiger charge is 2.21. The van der Waals surface area contributed by atoms with E-state index < -0.39 is 6.09 Å². The van der Waals surface area contributed by atoms with Gasteiger partial charge in [-0.2, -0.15) is 0 Å². The van der Waals surface area contributed by atoms with Gasteiger partial charge in [0.1, 0.15) is 11.5 Å². The Morgan fingerprint density at radius 2 is 1.29 bits per heavy atom. The van der Waals surface area contributed by atoms with Gasteiger partial charge in [0.05, 0.1) is 38.3 Å². The number of ether oxygens (including phenoxy) is 4. The minimum atomic E-state index is -0.592. The molecule has 0 spiro atoms. The van der Waals surface area contributed by atoms with Crippen molar-refractivity contribution in [3.05, 3.63) is 114 Å². The van der Waals surface area contributed by atoms with Crippen LogP contribution in [-0.4, -0.2) is 33.2 Å². The molecule has 0 aromatic heterocycles. The van der Waals surface area contributed by atoms with Crippen molar-refractivity contribution in [2.45, 2.75) is 0 Å². The number of carbonyl (C=O) groups excluding carboxylic acids is 2. The standard InChI is InChI=1S/C31H27NO6/c1-35-25-16-17-26(29(21-25)36-2)27(33)18-14-22-15-19-28(30(20-22)37-3)38-31(34)32(23-10-6-4-7-11-23)24-12-8-5-9-13-24/h4-21H,1-3H3. The molecule has 0 heterocycles. The third kappa shape index (κ3) is 6.02. The van der Waals surface area contributed by atoms with Gasteiger partial charge >= 0.3 is 6.09 Å². The Balaban J connectivity index is 1.55. The number of benzene rings is 4. The van der Waals surface area contributed by atoms with Crippen LogP contribution in [0.4, 0.5) is 16.2 Å². The van der Waals surface area contributed by atoms with Crippen molar-refractivity contribution in [2.24, 2.45) is 0 Å². The van der Waals surface area contributed by atoms with E-state index in [0.29, 0.717) is 39.8 Å². The fraction of sp³-hybridized carbons (Fsp3) is 0.0968. The summed E-state index contributed by atoms with van der Waals surface area (Å²) in [6.45, 7) is 0. The molecule has 0 aliphatic rings. The summed E-state index contributed by atoms with van der Waals surface area (Å²) in [6, 6.07) is 28.5. The lowest BCUT2D eigenvalue weighted by Gasteiger charge is -2.22. The van der Waals surface area contributed by atoms with Crippen molar-refractivity contribution in [3.63, 3.8) is 0 Å². The molecule has 0 N–H and O–H groups in total. The highest BCUT2D eigenvalue weighted by molar-refractivity contribution is 6.08. The first-order chi connectivity index (χ1) is 18.5. The third-order valence-corrected chi connectivity index (χ3v) is 5.70. The van der Waals surface area contributed by atoms with E-state index in [1.54, 1.807) is 49.6 Å². The van der Waals surface area contributed by atoms with Gasteiger partial charge < -0.3 is 18.9 Å². The van der Waals surface area contributed by atoms with Gasteiger partial charge in [-0.05, 0) is 60.2 Å². The average molecular weight is 510 g/mol. The number of para-hydroxylation sites is 2. The van der Waals surface area contributed by atoms with Gasteiger partial charge in [-0.1, -0.05) is 48.5 Å². The maximum absolute atomic E-state index is 13.3. The van der Waals surface area contributed by atoms with Crippen LogP contribution in [0.5, 0.6) is 23.0 Å². The summed E-state index contributed by atoms with van der Waals surface area (Å²) in [4.78, 5) is 27.6. The predicted molar refractivity (Wildman–Crippen MR) is 147 cm³/mol. The maximum atomic E-state index is 13.3. The molecule has 0 atom stereocenters. The fourth-order valence-electron chi connectivity index (χ4n) is 3.79. The van der Waals surface area contributed by atoms with Gasteiger partial charge in [0.15, 0.2) is 17.3 Å². The van der Waals surface area contributed by atoms with Crippen LogP contribution in [0.3, 0.4) is 0 Å². The number of hydrogen-bond acceptors (Lipinski definition) is 6. The Morgan fingerprint density at radius 3 is 1.87 bits per heavy atom. The van der Waals surface area contributed by atoms with Gasteiger partial charge in [0, 0.05) is 6.07 Å². The molecule has 0 bridgehead atoms. The maximum Gasteiger partial charge on any atom is 0.424 e. The second kappa shape index (κ2) is 12.3. The quantitative estimate of drug-likeness (QED) is 0.180. The molecule has 0 aliphatic heterocycles. The zero-order chi connectivity index (χ0) is 26.9. The summed E-state index contributed by atoms with van der Waals surface area (Å²) in [5.41, 5.74) is 2.42. The largest absolute Gasteiger partial charge is 0.497 e. The summed E-state index contributed by atoms with van der Waals surface area (Å²) in [5.74, 6) is 1.36. The van der Waals surface area contributed by atoms with Crippen molar-refractivity contribution >= 4 is 29.3 Å². The molecule has 7 heteroatoms. The average Bonchev–Trinajstić information content (AvgIpc) is 2.97. The second-order valence-electron chi connectivity index (χ2n) is 8.05. The monoisotopic (exact) mass is 509 g/mol. The van der Waals surface area contributed by atoms with Crippen molar-refractivity contribution < 1.29 is 28.5 Å². The van der Waals surface area contributed by atoms with E-state index >= 15 is 0 Å². The lowest BCUT2D eigenvalue weighted by molar-refractivity contribution is 0.104. The first kappa shape index (κ1) is 26.0. The smallest absolute Gasteiger partial charge is 0.424 e. The number of rotatable bonds is 9. The summed E-state index contributed by atoms with van der Waals surface area (Å²) in [6.07, 6.45) is 2.50. The van der Waals surface area contributed by atoms with Crippen molar-refractivity contribution in [3.8, 4) is 23.0 Å².